The zero-order chi connectivity index (χ0) is 14.3. The van der Waals surface area contributed by atoms with Crippen LogP contribution in [0.15, 0.2) is 28.7 Å². The van der Waals surface area contributed by atoms with E-state index in [2.05, 4.69) is 21.2 Å². The normalized spacial score (nSPS) is 12.5. The van der Waals surface area contributed by atoms with Crippen molar-refractivity contribution in [2.24, 2.45) is 0 Å². The lowest BCUT2D eigenvalue weighted by molar-refractivity contribution is -0.123. The zero-order valence-electron chi connectivity index (χ0n) is 11.6. The zero-order valence-corrected chi connectivity index (χ0v) is 13.2. The third-order valence-corrected chi connectivity index (χ3v) is 3.41. The van der Waals surface area contributed by atoms with E-state index in [9.17, 15) is 4.79 Å². The third kappa shape index (κ3) is 6.18. The van der Waals surface area contributed by atoms with E-state index in [1.54, 1.807) is 7.11 Å². The van der Waals surface area contributed by atoms with Crippen LogP contribution in [0.25, 0.3) is 0 Å². The van der Waals surface area contributed by atoms with E-state index in [-0.39, 0.29) is 11.9 Å². The van der Waals surface area contributed by atoms with Crippen molar-refractivity contribution in [3.05, 3.63) is 34.3 Å². The van der Waals surface area contributed by atoms with Crippen molar-refractivity contribution in [3.8, 4) is 0 Å². The fourth-order valence-electron chi connectivity index (χ4n) is 1.83. The van der Waals surface area contributed by atoms with E-state index in [4.69, 9.17) is 4.74 Å². The summed E-state index contributed by atoms with van der Waals surface area (Å²) in [7, 11) is 3.56. The number of amides is 1. The smallest absolute Gasteiger partial charge is 0.234 e. The largest absolute Gasteiger partial charge is 0.383 e. The Hall–Kier alpha value is -0.910. The van der Waals surface area contributed by atoms with Gasteiger partial charge in [-0.05, 0) is 25.6 Å². The molecule has 1 rings (SSSR count). The highest BCUT2D eigenvalue weighted by atomic mass is 79.9. The standard InChI is InChI=1S/C14H21BrN2O2/c1-11(10-19-3)16-14(18)9-17(2)8-12-6-4-5-7-13(12)15/h4-7,11H,8-10H2,1-3H3,(H,16,18). The Balaban J connectivity index is 2.41. The minimum Gasteiger partial charge on any atom is -0.383 e. The maximum atomic E-state index is 11.8. The van der Waals surface area contributed by atoms with Crippen molar-refractivity contribution in [2.75, 3.05) is 27.3 Å². The number of nitrogens with zero attached hydrogens (tertiary/aromatic N) is 1. The SMILES string of the molecule is COCC(C)NC(=O)CN(C)Cc1ccccc1Br. The summed E-state index contributed by atoms with van der Waals surface area (Å²) >= 11 is 3.51. The second-order valence-electron chi connectivity index (χ2n) is 4.69. The maximum Gasteiger partial charge on any atom is 0.234 e. The molecule has 0 aliphatic rings. The van der Waals surface area contributed by atoms with Crippen LogP contribution < -0.4 is 5.32 Å². The molecule has 0 saturated carbocycles. The van der Waals surface area contributed by atoms with E-state index in [1.165, 1.54) is 5.56 Å². The lowest BCUT2D eigenvalue weighted by atomic mass is 10.2. The monoisotopic (exact) mass is 328 g/mol. The van der Waals surface area contributed by atoms with Crippen LogP contribution >= 0.6 is 15.9 Å². The average Bonchev–Trinajstić information content (AvgIpc) is 2.31. The van der Waals surface area contributed by atoms with Gasteiger partial charge in [0, 0.05) is 24.2 Å². The molecule has 1 aromatic carbocycles. The summed E-state index contributed by atoms with van der Waals surface area (Å²) in [5.41, 5.74) is 1.17. The molecule has 4 nitrogen and oxygen atoms in total. The molecule has 0 radical (unpaired) electrons. The van der Waals surface area contributed by atoms with Gasteiger partial charge in [0.25, 0.3) is 0 Å². The first-order valence-corrected chi connectivity index (χ1v) is 7.02. The molecular formula is C14H21BrN2O2. The van der Waals surface area contributed by atoms with Crippen LogP contribution in [0, 0.1) is 0 Å². The van der Waals surface area contributed by atoms with Gasteiger partial charge in [-0.25, -0.2) is 0 Å². The number of hydrogen-bond acceptors (Lipinski definition) is 3. The molecule has 0 bridgehead atoms. The molecule has 106 valence electrons. The highest BCUT2D eigenvalue weighted by Gasteiger charge is 2.11. The van der Waals surface area contributed by atoms with Crippen molar-refractivity contribution in [1.29, 1.82) is 0 Å². The van der Waals surface area contributed by atoms with Gasteiger partial charge in [0.1, 0.15) is 0 Å². The van der Waals surface area contributed by atoms with Crippen LogP contribution in [0.2, 0.25) is 0 Å². The van der Waals surface area contributed by atoms with Gasteiger partial charge >= 0.3 is 0 Å². The molecule has 0 fully saturated rings. The number of halogens is 1. The average molecular weight is 329 g/mol. The molecule has 0 spiro atoms. The number of nitrogens with one attached hydrogen (secondary N) is 1. The van der Waals surface area contributed by atoms with Gasteiger partial charge in [-0.1, -0.05) is 34.1 Å². The first-order chi connectivity index (χ1) is 9.02. The lowest BCUT2D eigenvalue weighted by Crippen LogP contribution is -2.41. The number of carbonyl (C=O) groups excluding carboxylic acids is 1. The molecule has 0 aliphatic carbocycles. The Morgan fingerprint density at radius 1 is 1.47 bits per heavy atom. The Morgan fingerprint density at radius 3 is 2.79 bits per heavy atom. The number of benzene rings is 1. The summed E-state index contributed by atoms with van der Waals surface area (Å²) in [6.07, 6.45) is 0. The fourth-order valence-corrected chi connectivity index (χ4v) is 2.24. The first-order valence-electron chi connectivity index (χ1n) is 6.23. The predicted molar refractivity (Wildman–Crippen MR) is 80.0 cm³/mol. The summed E-state index contributed by atoms with van der Waals surface area (Å²) in [4.78, 5) is 13.8. The molecule has 1 N–H and O–H groups in total. The van der Waals surface area contributed by atoms with Gasteiger partial charge in [-0.2, -0.15) is 0 Å². The second kappa shape index (κ2) is 8.30. The van der Waals surface area contributed by atoms with Crippen molar-refractivity contribution in [1.82, 2.24) is 10.2 Å². The van der Waals surface area contributed by atoms with Crippen LogP contribution in [0.4, 0.5) is 0 Å². The Kier molecular flexibility index (Phi) is 7.05. The van der Waals surface area contributed by atoms with Crippen molar-refractivity contribution >= 4 is 21.8 Å². The first kappa shape index (κ1) is 16.1. The Bertz CT molecular complexity index is 412. The highest BCUT2D eigenvalue weighted by molar-refractivity contribution is 9.10. The number of hydrogen-bond donors (Lipinski definition) is 1. The van der Waals surface area contributed by atoms with Gasteiger partial charge < -0.3 is 10.1 Å². The van der Waals surface area contributed by atoms with Crippen LogP contribution in [-0.2, 0) is 16.1 Å². The number of likely N-dealkylation sites (N-methyl/N-ethyl adjacent to an activating group) is 1. The minimum atomic E-state index is 0.0131. The van der Waals surface area contributed by atoms with Crippen LogP contribution in [0.3, 0.4) is 0 Å². The van der Waals surface area contributed by atoms with Gasteiger partial charge in [-0.3, -0.25) is 9.69 Å². The quantitative estimate of drug-likeness (QED) is 0.832. The van der Waals surface area contributed by atoms with Crippen LogP contribution in [0.1, 0.15) is 12.5 Å². The topological polar surface area (TPSA) is 41.6 Å². The highest BCUT2D eigenvalue weighted by Crippen LogP contribution is 2.16. The summed E-state index contributed by atoms with van der Waals surface area (Å²) in [5.74, 6) is 0.0131. The Morgan fingerprint density at radius 2 is 2.16 bits per heavy atom. The van der Waals surface area contributed by atoms with E-state index in [1.807, 2.05) is 43.1 Å². The molecule has 0 saturated heterocycles. The van der Waals surface area contributed by atoms with Crippen LogP contribution in [-0.4, -0.2) is 44.2 Å². The molecule has 1 unspecified atom stereocenters. The fraction of sp³-hybridized carbons (Fsp3) is 0.500. The minimum absolute atomic E-state index is 0.0131. The van der Waals surface area contributed by atoms with Crippen molar-refractivity contribution < 1.29 is 9.53 Å². The van der Waals surface area contributed by atoms with E-state index >= 15 is 0 Å². The Labute approximate surface area is 123 Å². The van der Waals surface area contributed by atoms with Crippen molar-refractivity contribution in [3.63, 3.8) is 0 Å². The summed E-state index contributed by atoms with van der Waals surface area (Å²) in [6, 6.07) is 8.06. The van der Waals surface area contributed by atoms with Crippen molar-refractivity contribution in [2.45, 2.75) is 19.5 Å². The summed E-state index contributed by atoms with van der Waals surface area (Å²) < 4.78 is 6.05. The molecule has 0 aromatic heterocycles. The molecule has 0 aliphatic heterocycles. The number of ether oxygens (including phenoxy) is 1. The molecule has 1 amide bonds. The van der Waals surface area contributed by atoms with Gasteiger partial charge in [0.15, 0.2) is 0 Å². The summed E-state index contributed by atoms with van der Waals surface area (Å²) in [5, 5.41) is 2.89. The maximum absolute atomic E-state index is 11.8. The number of methoxy groups -OCH3 is 1. The number of rotatable bonds is 7. The van der Waals surface area contributed by atoms with Gasteiger partial charge in [0.05, 0.1) is 13.2 Å². The van der Waals surface area contributed by atoms with E-state index in [0.29, 0.717) is 13.2 Å². The predicted octanol–water partition coefficient (Wildman–Crippen LogP) is 2.03. The summed E-state index contributed by atoms with van der Waals surface area (Å²) in [6.45, 7) is 3.55. The molecule has 19 heavy (non-hydrogen) atoms. The molecule has 1 atom stereocenters. The molecule has 0 heterocycles. The van der Waals surface area contributed by atoms with E-state index < -0.39 is 0 Å². The lowest BCUT2D eigenvalue weighted by Gasteiger charge is -2.19. The molecule has 1 aromatic rings. The van der Waals surface area contributed by atoms with Gasteiger partial charge in [-0.15, -0.1) is 0 Å². The molecule has 5 heteroatoms. The van der Waals surface area contributed by atoms with Gasteiger partial charge in [0.2, 0.25) is 5.91 Å². The number of carbonyl (C=O) groups is 1. The second-order valence-corrected chi connectivity index (χ2v) is 5.54. The van der Waals surface area contributed by atoms with E-state index in [0.717, 1.165) is 11.0 Å². The molecular weight excluding hydrogens is 308 g/mol. The third-order valence-electron chi connectivity index (χ3n) is 2.64. The van der Waals surface area contributed by atoms with Crippen LogP contribution in [0.5, 0.6) is 0 Å².